The lowest BCUT2D eigenvalue weighted by Gasteiger charge is -2.27. The molecule has 0 atom stereocenters. The fourth-order valence-electron chi connectivity index (χ4n) is 2.45. The summed E-state index contributed by atoms with van der Waals surface area (Å²) in [7, 11) is 0. The van der Waals surface area contributed by atoms with Gasteiger partial charge in [0.2, 0.25) is 0 Å². The molecule has 1 aromatic rings. The molecule has 5 heteroatoms. The van der Waals surface area contributed by atoms with Gasteiger partial charge >= 0.3 is 0 Å². The van der Waals surface area contributed by atoms with Crippen molar-refractivity contribution in [1.82, 2.24) is 10.6 Å². The van der Waals surface area contributed by atoms with Crippen LogP contribution in [0.1, 0.15) is 43.0 Å². The summed E-state index contributed by atoms with van der Waals surface area (Å²) in [4.78, 5) is 5.99. The third-order valence-corrected chi connectivity index (χ3v) is 4.74. The zero-order valence-corrected chi connectivity index (χ0v) is 13.2. The zero-order chi connectivity index (χ0) is 14.4. The normalized spacial score (nSPS) is 23.6. The van der Waals surface area contributed by atoms with Gasteiger partial charge in [0.25, 0.3) is 0 Å². The number of aliphatic imine (C=N–C) groups is 1. The van der Waals surface area contributed by atoms with Crippen LogP contribution >= 0.6 is 11.3 Å². The molecule has 0 unspecified atom stereocenters. The summed E-state index contributed by atoms with van der Waals surface area (Å²) >= 11 is 1.76. The minimum Gasteiger partial charge on any atom is -0.393 e. The van der Waals surface area contributed by atoms with Crippen molar-refractivity contribution in [3.8, 4) is 0 Å². The van der Waals surface area contributed by atoms with Crippen molar-refractivity contribution in [2.24, 2.45) is 4.99 Å². The number of hydrogen-bond donors (Lipinski definition) is 3. The van der Waals surface area contributed by atoms with Crippen LogP contribution in [0.5, 0.6) is 0 Å². The monoisotopic (exact) mass is 295 g/mol. The lowest BCUT2D eigenvalue weighted by atomic mass is 9.93. The number of nitrogens with one attached hydrogen (secondary N) is 2. The van der Waals surface area contributed by atoms with Gasteiger partial charge in [-0.05, 0) is 56.5 Å². The predicted molar refractivity (Wildman–Crippen MR) is 85.3 cm³/mol. The number of nitrogens with zero attached hydrogens (tertiary/aromatic N) is 1. The highest BCUT2D eigenvalue weighted by Crippen LogP contribution is 2.19. The summed E-state index contributed by atoms with van der Waals surface area (Å²) in [5, 5.41) is 18.5. The molecule has 1 aliphatic carbocycles. The lowest BCUT2D eigenvalue weighted by molar-refractivity contribution is 0.120. The minimum absolute atomic E-state index is 0.110. The summed E-state index contributed by atoms with van der Waals surface area (Å²) < 4.78 is 0. The molecule has 0 aromatic carbocycles. The average Bonchev–Trinajstić information content (AvgIpc) is 2.84. The Labute approximate surface area is 125 Å². The Bertz CT molecular complexity index is 436. The van der Waals surface area contributed by atoms with Gasteiger partial charge in [0, 0.05) is 17.5 Å². The van der Waals surface area contributed by atoms with E-state index in [0.29, 0.717) is 6.04 Å². The van der Waals surface area contributed by atoms with Crippen LogP contribution in [0.25, 0.3) is 0 Å². The Morgan fingerprint density at radius 2 is 2.15 bits per heavy atom. The van der Waals surface area contributed by atoms with Crippen molar-refractivity contribution in [1.29, 1.82) is 0 Å². The molecular formula is C15H25N3OS. The fraction of sp³-hybridized carbons (Fsp3) is 0.667. The maximum Gasteiger partial charge on any atom is 0.191 e. The summed E-state index contributed by atoms with van der Waals surface area (Å²) in [5.41, 5.74) is 1.32. The average molecular weight is 295 g/mol. The number of hydrogen-bond acceptors (Lipinski definition) is 3. The molecule has 1 aliphatic rings. The van der Waals surface area contributed by atoms with Crippen LogP contribution in [0, 0.1) is 6.92 Å². The molecule has 0 amide bonds. The fourth-order valence-corrected chi connectivity index (χ4v) is 3.28. The number of guanidine groups is 1. The highest BCUT2D eigenvalue weighted by molar-refractivity contribution is 7.10. The van der Waals surface area contributed by atoms with Gasteiger partial charge in [0.15, 0.2) is 5.96 Å². The smallest absolute Gasteiger partial charge is 0.191 e. The number of aryl methyl sites for hydroxylation is 1. The van der Waals surface area contributed by atoms with Crippen molar-refractivity contribution < 1.29 is 5.11 Å². The highest BCUT2D eigenvalue weighted by Gasteiger charge is 2.19. The maximum absolute atomic E-state index is 9.55. The van der Waals surface area contributed by atoms with Crippen molar-refractivity contribution in [2.75, 3.05) is 6.54 Å². The molecule has 0 saturated heterocycles. The highest BCUT2D eigenvalue weighted by atomic mass is 32.1. The second kappa shape index (κ2) is 7.64. The Hall–Kier alpha value is -1.07. The van der Waals surface area contributed by atoms with Gasteiger partial charge < -0.3 is 15.7 Å². The molecule has 0 radical (unpaired) electrons. The Kier molecular flexibility index (Phi) is 5.86. The molecular weight excluding hydrogens is 270 g/mol. The van der Waals surface area contributed by atoms with Gasteiger partial charge in [-0.2, -0.15) is 0 Å². The molecule has 112 valence electrons. The molecule has 1 saturated carbocycles. The van der Waals surface area contributed by atoms with Crippen molar-refractivity contribution >= 4 is 17.3 Å². The van der Waals surface area contributed by atoms with Crippen molar-refractivity contribution in [2.45, 2.75) is 58.2 Å². The van der Waals surface area contributed by atoms with Crippen LogP contribution < -0.4 is 10.6 Å². The van der Waals surface area contributed by atoms with E-state index in [1.165, 1.54) is 10.4 Å². The molecule has 1 fully saturated rings. The molecule has 20 heavy (non-hydrogen) atoms. The maximum atomic E-state index is 9.55. The third-order valence-electron chi connectivity index (χ3n) is 3.73. The van der Waals surface area contributed by atoms with Crippen molar-refractivity contribution in [3.63, 3.8) is 0 Å². The molecule has 1 heterocycles. The van der Waals surface area contributed by atoms with Gasteiger partial charge in [-0.15, -0.1) is 11.3 Å². The quantitative estimate of drug-likeness (QED) is 0.590. The van der Waals surface area contributed by atoms with E-state index >= 15 is 0 Å². The second-order valence-electron chi connectivity index (χ2n) is 5.37. The zero-order valence-electron chi connectivity index (χ0n) is 12.4. The Morgan fingerprint density at radius 1 is 1.40 bits per heavy atom. The Balaban J connectivity index is 1.90. The van der Waals surface area contributed by atoms with Gasteiger partial charge in [-0.25, -0.2) is 4.99 Å². The van der Waals surface area contributed by atoms with Gasteiger partial charge in [0.1, 0.15) is 0 Å². The number of rotatable bonds is 4. The van der Waals surface area contributed by atoms with Crippen LogP contribution in [-0.4, -0.2) is 29.8 Å². The molecule has 0 aliphatic heterocycles. The first kappa shape index (κ1) is 15.3. The number of thiophene rings is 1. The summed E-state index contributed by atoms with van der Waals surface area (Å²) in [6.07, 6.45) is 3.71. The van der Waals surface area contributed by atoms with E-state index in [9.17, 15) is 5.11 Å². The van der Waals surface area contributed by atoms with Crippen molar-refractivity contribution in [3.05, 3.63) is 21.9 Å². The minimum atomic E-state index is -0.110. The van der Waals surface area contributed by atoms with Crippen LogP contribution in [0.15, 0.2) is 16.4 Å². The number of aliphatic hydroxyl groups is 1. The van der Waals surface area contributed by atoms with E-state index in [-0.39, 0.29) is 6.10 Å². The molecule has 0 spiro atoms. The molecule has 1 aromatic heterocycles. The van der Waals surface area contributed by atoms with E-state index in [0.717, 1.165) is 44.7 Å². The molecule has 2 rings (SSSR count). The van der Waals surface area contributed by atoms with E-state index < -0.39 is 0 Å². The van der Waals surface area contributed by atoms with E-state index in [1.807, 2.05) is 0 Å². The van der Waals surface area contributed by atoms with Crippen LogP contribution in [0.4, 0.5) is 0 Å². The third kappa shape index (κ3) is 4.49. The topological polar surface area (TPSA) is 56.7 Å². The largest absolute Gasteiger partial charge is 0.393 e. The van der Waals surface area contributed by atoms with Crippen LogP contribution in [0.2, 0.25) is 0 Å². The summed E-state index contributed by atoms with van der Waals surface area (Å²) in [5.74, 6) is 0.890. The van der Waals surface area contributed by atoms with Gasteiger partial charge in [0.05, 0.1) is 12.6 Å². The first-order valence-electron chi connectivity index (χ1n) is 7.45. The first-order valence-corrected chi connectivity index (χ1v) is 8.33. The number of aliphatic hydroxyl groups excluding tert-OH is 1. The SMILES string of the molecule is CCNC(=NCc1sccc1C)NC1CCC(O)CC1. The van der Waals surface area contributed by atoms with Crippen LogP contribution in [-0.2, 0) is 6.54 Å². The first-order chi connectivity index (χ1) is 9.69. The second-order valence-corrected chi connectivity index (χ2v) is 6.37. The molecule has 4 nitrogen and oxygen atoms in total. The van der Waals surface area contributed by atoms with E-state index in [1.54, 1.807) is 11.3 Å². The standard InChI is InChI=1S/C15H25N3OS/c1-3-16-15(17-10-14-11(2)8-9-20-14)18-12-4-6-13(19)7-5-12/h8-9,12-13,19H,3-7,10H2,1-2H3,(H2,16,17,18). The molecule has 0 bridgehead atoms. The van der Waals surface area contributed by atoms with E-state index in [2.05, 4.69) is 40.9 Å². The van der Waals surface area contributed by atoms with Gasteiger partial charge in [-0.3, -0.25) is 0 Å². The summed E-state index contributed by atoms with van der Waals surface area (Å²) in [6.45, 7) is 5.81. The predicted octanol–water partition coefficient (Wildman–Crippen LogP) is 2.42. The van der Waals surface area contributed by atoms with Gasteiger partial charge in [-0.1, -0.05) is 0 Å². The lowest BCUT2D eigenvalue weighted by Crippen LogP contribution is -2.45. The molecule has 3 N–H and O–H groups in total. The summed E-state index contributed by atoms with van der Waals surface area (Å²) in [6, 6.07) is 2.57. The van der Waals surface area contributed by atoms with E-state index in [4.69, 9.17) is 0 Å². The Morgan fingerprint density at radius 3 is 2.75 bits per heavy atom. The van der Waals surface area contributed by atoms with Crippen LogP contribution in [0.3, 0.4) is 0 Å².